The molecule has 1 saturated heterocycles. The summed E-state index contributed by atoms with van der Waals surface area (Å²) in [7, 11) is -3.73. The van der Waals surface area contributed by atoms with Gasteiger partial charge in [0.2, 0.25) is 15.9 Å². The number of nitrogens with zero attached hydrogens (tertiary/aromatic N) is 1. The van der Waals surface area contributed by atoms with Crippen molar-refractivity contribution in [2.75, 3.05) is 13.1 Å². The minimum Gasteiger partial charge on any atom is -0.361 e. The lowest BCUT2D eigenvalue weighted by Crippen LogP contribution is -2.43. The van der Waals surface area contributed by atoms with Gasteiger partial charge in [0.1, 0.15) is 9.77 Å². The van der Waals surface area contributed by atoms with Crippen LogP contribution in [0.4, 0.5) is 0 Å². The number of H-pyrrole nitrogens is 1. The molecule has 2 aromatic heterocycles. The van der Waals surface area contributed by atoms with Gasteiger partial charge in [-0.25, -0.2) is 8.42 Å². The number of thiophene rings is 1. The van der Waals surface area contributed by atoms with Gasteiger partial charge in [0.25, 0.3) is 5.91 Å². The lowest BCUT2D eigenvalue weighted by Gasteiger charge is -2.25. The number of aromatic amines is 1. The predicted molar refractivity (Wildman–Crippen MR) is 115 cm³/mol. The molecule has 3 aromatic rings. The zero-order valence-corrected chi connectivity index (χ0v) is 17.8. The van der Waals surface area contributed by atoms with Crippen molar-refractivity contribution in [3.05, 3.63) is 52.3 Å². The second-order valence-electron chi connectivity index (χ2n) is 7.12. The van der Waals surface area contributed by atoms with Crippen LogP contribution >= 0.6 is 11.3 Å². The number of piperidine rings is 1. The van der Waals surface area contributed by atoms with E-state index in [2.05, 4.69) is 15.8 Å². The Kier molecular flexibility index (Phi) is 5.89. The molecular formula is C20H22N4O4S2. The van der Waals surface area contributed by atoms with E-state index in [9.17, 15) is 18.0 Å². The fraction of sp³-hybridized carbons (Fsp3) is 0.300. The minimum atomic E-state index is -3.73. The van der Waals surface area contributed by atoms with E-state index in [4.69, 9.17) is 0 Å². The average Bonchev–Trinajstić information content (AvgIpc) is 3.41. The molecular weight excluding hydrogens is 424 g/mol. The molecule has 3 heterocycles. The van der Waals surface area contributed by atoms with Crippen LogP contribution in [0.15, 0.2) is 46.8 Å². The maximum absolute atomic E-state index is 12.9. The van der Waals surface area contributed by atoms with Crippen molar-refractivity contribution >= 4 is 44.1 Å². The number of nitrogens with one attached hydrogen (secondary N) is 3. The maximum atomic E-state index is 12.9. The van der Waals surface area contributed by atoms with Crippen LogP contribution in [-0.4, -0.2) is 42.6 Å². The SMILES string of the molecule is O=C(Cc1c[nH]c2ccccc12)NNC(=O)c1sccc1S(=O)(=O)N1CCCCC1. The number of para-hydroxylation sites is 1. The Hall–Kier alpha value is -2.69. The summed E-state index contributed by atoms with van der Waals surface area (Å²) >= 11 is 1.03. The van der Waals surface area contributed by atoms with Gasteiger partial charge in [0.05, 0.1) is 6.42 Å². The highest BCUT2D eigenvalue weighted by molar-refractivity contribution is 7.89. The van der Waals surface area contributed by atoms with Gasteiger partial charge in [-0.3, -0.25) is 20.4 Å². The summed E-state index contributed by atoms with van der Waals surface area (Å²) < 4.78 is 27.2. The van der Waals surface area contributed by atoms with E-state index in [1.165, 1.54) is 10.4 Å². The number of fused-ring (bicyclic) bond motifs is 1. The topological polar surface area (TPSA) is 111 Å². The second kappa shape index (κ2) is 8.58. The van der Waals surface area contributed by atoms with Crippen LogP contribution in [0, 0.1) is 0 Å². The summed E-state index contributed by atoms with van der Waals surface area (Å²) in [6.45, 7) is 0.918. The standard InChI is InChI=1S/C20H22N4O4S2/c25-18(12-14-13-21-16-7-3-2-6-15(14)16)22-23-20(26)19-17(8-11-29-19)30(27,28)24-9-4-1-5-10-24/h2-3,6-8,11,13,21H,1,4-5,9-10,12H2,(H,22,25)(H,23,26). The van der Waals surface area contributed by atoms with E-state index in [0.717, 1.165) is 47.1 Å². The molecule has 4 rings (SSSR count). The molecule has 0 aliphatic carbocycles. The molecule has 1 fully saturated rings. The van der Waals surface area contributed by atoms with Crippen molar-refractivity contribution in [3.63, 3.8) is 0 Å². The number of rotatable bonds is 5. The molecule has 2 amide bonds. The Morgan fingerprint density at radius 3 is 2.63 bits per heavy atom. The van der Waals surface area contributed by atoms with Crippen LogP contribution in [0.25, 0.3) is 10.9 Å². The van der Waals surface area contributed by atoms with Crippen molar-refractivity contribution in [2.24, 2.45) is 0 Å². The first-order valence-corrected chi connectivity index (χ1v) is 12.0. The van der Waals surface area contributed by atoms with E-state index < -0.39 is 21.8 Å². The largest absolute Gasteiger partial charge is 0.361 e. The first-order chi connectivity index (χ1) is 14.5. The Morgan fingerprint density at radius 1 is 1.07 bits per heavy atom. The van der Waals surface area contributed by atoms with Crippen LogP contribution in [0.3, 0.4) is 0 Å². The molecule has 0 atom stereocenters. The highest BCUT2D eigenvalue weighted by Crippen LogP contribution is 2.27. The molecule has 1 aliphatic rings. The van der Waals surface area contributed by atoms with E-state index in [1.807, 2.05) is 24.3 Å². The van der Waals surface area contributed by atoms with Crippen LogP contribution in [0.5, 0.6) is 0 Å². The molecule has 158 valence electrons. The third-order valence-corrected chi connectivity index (χ3v) is 8.09. The lowest BCUT2D eigenvalue weighted by atomic mass is 10.1. The van der Waals surface area contributed by atoms with Gasteiger partial charge in [-0.1, -0.05) is 24.6 Å². The first kappa shape index (κ1) is 20.6. The van der Waals surface area contributed by atoms with Gasteiger partial charge in [-0.15, -0.1) is 11.3 Å². The Bertz CT molecular complexity index is 1180. The highest BCUT2D eigenvalue weighted by Gasteiger charge is 2.31. The molecule has 1 aliphatic heterocycles. The van der Waals surface area contributed by atoms with Crippen molar-refractivity contribution in [3.8, 4) is 0 Å². The van der Waals surface area contributed by atoms with Gasteiger partial charge < -0.3 is 4.98 Å². The molecule has 0 saturated carbocycles. The highest BCUT2D eigenvalue weighted by atomic mass is 32.2. The second-order valence-corrected chi connectivity index (χ2v) is 9.94. The van der Waals surface area contributed by atoms with Gasteiger partial charge in [0, 0.05) is 30.2 Å². The molecule has 0 bridgehead atoms. The first-order valence-electron chi connectivity index (χ1n) is 9.68. The molecule has 3 N–H and O–H groups in total. The summed E-state index contributed by atoms with van der Waals surface area (Å²) in [4.78, 5) is 28.0. The molecule has 30 heavy (non-hydrogen) atoms. The molecule has 0 radical (unpaired) electrons. The summed E-state index contributed by atoms with van der Waals surface area (Å²) in [6, 6.07) is 9.06. The maximum Gasteiger partial charge on any atom is 0.281 e. The number of hydrogen-bond acceptors (Lipinski definition) is 5. The van der Waals surface area contributed by atoms with Crippen molar-refractivity contribution in [2.45, 2.75) is 30.6 Å². The van der Waals surface area contributed by atoms with Gasteiger partial charge in [-0.05, 0) is 35.9 Å². The van der Waals surface area contributed by atoms with E-state index in [1.54, 1.807) is 11.6 Å². The number of benzene rings is 1. The predicted octanol–water partition coefficient (Wildman–Crippen LogP) is 2.41. The fourth-order valence-electron chi connectivity index (χ4n) is 3.59. The number of aromatic nitrogens is 1. The summed E-state index contributed by atoms with van der Waals surface area (Å²) in [5.74, 6) is -1.04. The minimum absolute atomic E-state index is 0.0159. The van der Waals surface area contributed by atoms with E-state index in [-0.39, 0.29) is 16.2 Å². The van der Waals surface area contributed by atoms with Gasteiger partial charge in [-0.2, -0.15) is 4.31 Å². The smallest absolute Gasteiger partial charge is 0.281 e. The Labute approximate surface area is 178 Å². The molecule has 0 spiro atoms. The molecule has 1 aromatic carbocycles. The number of carbonyl (C=O) groups excluding carboxylic acids is 2. The summed E-state index contributed by atoms with van der Waals surface area (Å²) in [5, 5.41) is 2.51. The molecule has 0 unspecified atom stereocenters. The van der Waals surface area contributed by atoms with Gasteiger partial charge in [0.15, 0.2) is 0 Å². The Morgan fingerprint density at radius 2 is 1.83 bits per heavy atom. The fourth-order valence-corrected chi connectivity index (χ4v) is 6.40. The quantitative estimate of drug-likeness (QED) is 0.523. The summed E-state index contributed by atoms with van der Waals surface area (Å²) in [6.07, 6.45) is 4.47. The van der Waals surface area contributed by atoms with Crippen molar-refractivity contribution in [1.29, 1.82) is 0 Å². The van der Waals surface area contributed by atoms with Crippen molar-refractivity contribution in [1.82, 2.24) is 20.1 Å². The van der Waals surface area contributed by atoms with Crippen LogP contribution < -0.4 is 10.9 Å². The average molecular weight is 447 g/mol. The normalized spacial score (nSPS) is 15.2. The lowest BCUT2D eigenvalue weighted by molar-refractivity contribution is -0.121. The van der Waals surface area contributed by atoms with Crippen LogP contribution in [0.1, 0.15) is 34.5 Å². The molecule has 8 nitrogen and oxygen atoms in total. The Balaban J connectivity index is 1.41. The van der Waals surface area contributed by atoms with Gasteiger partial charge >= 0.3 is 0 Å². The molecule has 10 heteroatoms. The number of amides is 2. The van der Waals surface area contributed by atoms with E-state index >= 15 is 0 Å². The van der Waals surface area contributed by atoms with Crippen molar-refractivity contribution < 1.29 is 18.0 Å². The number of hydrogen-bond donors (Lipinski definition) is 3. The summed E-state index contributed by atoms with van der Waals surface area (Å²) in [5.41, 5.74) is 6.45. The zero-order chi connectivity index (χ0) is 21.1. The number of hydrazine groups is 1. The number of sulfonamides is 1. The van der Waals surface area contributed by atoms with Crippen LogP contribution in [-0.2, 0) is 21.2 Å². The monoisotopic (exact) mass is 446 g/mol. The third kappa shape index (κ3) is 4.11. The third-order valence-electron chi connectivity index (χ3n) is 5.11. The van der Waals surface area contributed by atoms with E-state index in [0.29, 0.717) is 13.1 Å². The van der Waals surface area contributed by atoms with Crippen LogP contribution in [0.2, 0.25) is 0 Å². The zero-order valence-electron chi connectivity index (χ0n) is 16.2. The number of carbonyl (C=O) groups is 2.